The van der Waals surface area contributed by atoms with Gasteiger partial charge in [0.2, 0.25) is 0 Å². The first-order chi connectivity index (χ1) is 10.2. The minimum absolute atomic E-state index is 0.147. The second-order valence-electron chi connectivity index (χ2n) is 6.14. The lowest BCUT2D eigenvalue weighted by atomic mass is 9.70. The Labute approximate surface area is 135 Å². The molecule has 118 valence electrons. The van der Waals surface area contributed by atoms with Crippen LogP contribution in [0.15, 0.2) is 22.7 Å². The summed E-state index contributed by atoms with van der Waals surface area (Å²) in [6, 6.07) is 5.01. The van der Waals surface area contributed by atoms with Crippen LogP contribution in [0.2, 0.25) is 0 Å². The van der Waals surface area contributed by atoms with E-state index in [0.29, 0.717) is 0 Å². The van der Waals surface area contributed by atoms with E-state index < -0.39 is 0 Å². The van der Waals surface area contributed by atoms with Gasteiger partial charge < -0.3 is 10.1 Å². The van der Waals surface area contributed by atoms with Crippen LogP contribution in [0.1, 0.15) is 37.7 Å². The van der Waals surface area contributed by atoms with Gasteiger partial charge in [-0.2, -0.15) is 0 Å². The van der Waals surface area contributed by atoms with Crippen LogP contribution in [0.4, 0.5) is 4.39 Å². The zero-order chi connectivity index (χ0) is 15.1. The second kappa shape index (κ2) is 8.25. The summed E-state index contributed by atoms with van der Waals surface area (Å²) in [5.74, 6) is -0.147. The molecule has 0 radical (unpaired) electrons. The fourth-order valence-electron chi connectivity index (χ4n) is 3.33. The molecule has 1 aromatic rings. The number of ether oxygens (including phenoxy) is 1. The van der Waals surface area contributed by atoms with Gasteiger partial charge >= 0.3 is 0 Å². The van der Waals surface area contributed by atoms with Crippen molar-refractivity contribution >= 4 is 15.9 Å². The van der Waals surface area contributed by atoms with Crippen molar-refractivity contribution in [2.24, 2.45) is 5.41 Å². The molecule has 0 unspecified atom stereocenters. The Bertz CT molecular complexity index is 446. The molecule has 1 aliphatic rings. The monoisotopic (exact) mass is 357 g/mol. The van der Waals surface area contributed by atoms with Crippen LogP contribution >= 0.6 is 15.9 Å². The Morgan fingerprint density at radius 2 is 2.05 bits per heavy atom. The molecule has 1 fully saturated rings. The smallest absolute Gasteiger partial charge is 0.123 e. The first-order valence-electron chi connectivity index (χ1n) is 7.79. The Morgan fingerprint density at radius 1 is 1.29 bits per heavy atom. The zero-order valence-electron chi connectivity index (χ0n) is 12.8. The van der Waals surface area contributed by atoms with E-state index in [9.17, 15) is 4.39 Å². The molecule has 4 heteroatoms. The van der Waals surface area contributed by atoms with E-state index in [-0.39, 0.29) is 11.2 Å². The lowest BCUT2D eigenvalue weighted by molar-refractivity contribution is 0.162. The molecule has 0 aromatic heterocycles. The summed E-state index contributed by atoms with van der Waals surface area (Å²) in [6.45, 7) is 2.60. The van der Waals surface area contributed by atoms with Crippen LogP contribution in [-0.2, 0) is 11.2 Å². The van der Waals surface area contributed by atoms with Crippen molar-refractivity contribution in [1.82, 2.24) is 5.32 Å². The van der Waals surface area contributed by atoms with Crippen molar-refractivity contribution in [3.05, 3.63) is 34.1 Å². The van der Waals surface area contributed by atoms with E-state index in [1.807, 2.05) is 6.07 Å². The molecule has 0 aliphatic heterocycles. The van der Waals surface area contributed by atoms with Crippen molar-refractivity contribution < 1.29 is 9.13 Å². The summed E-state index contributed by atoms with van der Waals surface area (Å²) in [5.41, 5.74) is 1.34. The maximum Gasteiger partial charge on any atom is 0.123 e. The Balaban J connectivity index is 2.06. The third-order valence-corrected chi connectivity index (χ3v) is 5.24. The summed E-state index contributed by atoms with van der Waals surface area (Å²) in [6.07, 6.45) is 7.25. The zero-order valence-corrected chi connectivity index (χ0v) is 14.3. The average Bonchev–Trinajstić information content (AvgIpc) is 2.49. The summed E-state index contributed by atoms with van der Waals surface area (Å²) in [5, 5.41) is 3.52. The molecule has 0 heterocycles. The predicted molar refractivity (Wildman–Crippen MR) is 88.1 cm³/mol. The topological polar surface area (TPSA) is 21.3 Å². The average molecular weight is 358 g/mol. The van der Waals surface area contributed by atoms with Crippen LogP contribution in [0.25, 0.3) is 0 Å². The van der Waals surface area contributed by atoms with Crippen LogP contribution in [0, 0.1) is 11.2 Å². The van der Waals surface area contributed by atoms with Gasteiger partial charge in [-0.05, 0) is 48.4 Å². The number of hydrogen-bond acceptors (Lipinski definition) is 2. The lowest BCUT2D eigenvalue weighted by Gasteiger charge is -2.38. The molecule has 2 rings (SSSR count). The van der Waals surface area contributed by atoms with Crippen molar-refractivity contribution in [2.75, 3.05) is 26.8 Å². The molecule has 0 bridgehead atoms. The van der Waals surface area contributed by atoms with Gasteiger partial charge in [-0.15, -0.1) is 0 Å². The molecule has 0 amide bonds. The molecule has 2 nitrogen and oxygen atoms in total. The minimum Gasteiger partial charge on any atom is -0.383 e. The van der Waals surface area contributed by atoms with Crippen LogP contribution in [0.5, 0.6) is 0 Å². The quantitative estimate of drug-likeness (QED) is 0.733. The Kier molecular flexibility index (Phi) is 6.65. The van der Waals surface area contributed by atoms with Gasteiger partial charge in [0.1, 0.15) is 5.82 Å². The van der Waals surface area contributed by atoms with Gasteiger partial charge in [-0.25, -0.2) is 4.39 Å². The number of halogens is 2. The fourth-order valence-corrected chi connectivity index (χ4v) is 3.72. The van der Waals surface area contributed by atoms with Crippen LogP contribution in [0.3, 0.4) is 0 Å². The summed E-state index contributed by atoms with van der Waals surface area (Å²) < 4.78 is 19.6. The highest BCUT2D eigenvalue weighted by atomic mass is 79.9. The number of rotatable bonds is 7. The van der Waals surface area contributed by atoms with E-state index in [2.05, 4.69) is 21.2 Å². The van der Waals surface area contributed by atoms with E-state index in [4.69, 9.17) is 4.74 Å². The fraction of sp³-hybridized carbons (Fsp3) is 0.647. The number of methoxy groups -OCH3 is 1. The van der Waals surface area contributed by atoms with Gasteiger partial charge in [0.15, 0.2) is 0 Å². The van der Waals surface area contributed by atoms with Gasteiger partial charge in [0, 0.05) is 24.7 Å². The highest BCUT2D eigenvalue weighted by molar-refractivity contribution is 9.10. The van der Waals surface area contributed by atoms with Gasteiger partial charge in [0.05, 0.1) is 6.61 Å². The second-order valence-corrected chi connectivity index (χ2v) is 7.00. The molecule has 1 saturated carbocycles. The Hall–Kier alpha value is -0.450. The largest absolute Gasteiger partial charge is 0.383 e. The van der Waals surface area contributed by atoms with Gasteiger partial charge in [-0.3, -0.25) is 0 Å². The third kappa shape index (κ3) is 5.04. The molecular weight excluding hydrogens is 333 g/mol. The molecule has 1 aliphatic carbocycles. The van der Waals surface area contributed by atoms with Crippen LogP contribution < -0.4 is 5.32 Å². The van der Waals surface area contributed by atoms with Crippen molar-refractivity contribution in [2.45, 2.75) is 38.5 Å². The normalized spacial score (nSPS) is 17.9. The number of hydrogen-bond donors (Lipinski definition) is 1. The molecule has 0 saturated heterocycles. The SMILES string of the molecule is COCCNCC1(Cc2cc(F)ccc2Br)CCCCC1. The maximum atomic E-state index is 13.5. The molecule has 0 atom stereocenters. The first-order valence-corrected chi connectivity index (χ1v) is 8.58. The summed E-state index contributed by atoms with van der Waals surface area (Å²) >= 11 is 3.57. The van der Waals surface area contributed by atoms with E-state index in [1.165, 1.54) is 38.2 Å². The third-order valence-electron chi connectivity index (χ3n) is 4.47. The molecule has 0 spiro atoms. The van der Waals surface area contributed by atoms with E-state index in [0.717, 1.165) is 36.2 Å². The molecule has 21 heavy (non-hydrogen) atoms. The van der Waals surface area contributed by atoms with E-state index >= 15 is 0 Å². The highest BCUT2D eigenvalue weighted by Crippen LogP contribution is 2.40. The molecular formula is C17H25BrFNO. The van der Waals surface area contributed by atoms with Crippen molar-refractivity contribution in [3.8, 4) is 0 Å². The van der Waals surface area contributed by atoms with Gasteiger partial charge in [0.25, 0.3) is 0 Å². The summed E-state index contributed by atoms with van der Waals surface area (Å²) in [7, 11) is 1.72. The van der Waals surface area contributed by atoms with E-state index in [1.54, 1.807) is 13.2 Å². The van der Waals surface area contributed by atoms with Crippen molar-refractivity contribution in [1.29, 1.82) is 0 Å². The molecule has 1 N–H and O–H groups in total. The first kappa shape index (κ1) is 16.9. The molecule has 1 aromatic carbocycles. The Morgan fingerprint density at radius 3 is 2.76 bits per heavy atom. The standard InChI is InChI=1S/C17H25BrFNO/c1-21-10-9-20-13-17(7-3-2-4-8-17)12-14-11-15(19)5-6-16(14)18/h5-6,11,20H,2-4,7-10,12-13H2,1H3. The van der Waals surface area contributed by atoms with Gasteiger partial charge in [-0.1, -0.05) is 35.2 Å². The number of nitrogens with one attached hydrogen (secondary N) is 1. The lowest BCUT2D eigenvalue weighted by Crippen LogP contribution is -2.39. The van der Waals surface area contributed by atoms with Crippen LogP contribution in [-0.4, -0.2) is 26.8 Å². The predicted octanol–water partition coefficient (Wildman–Crippen LogP) is 4.32. The highest BCUT2D eigenvalue weighted by Gasteiger charge is 2.32. The minimum atomic E-state index is -0.147. The number of benzene rings is 1. The maximum absolute atomic E-state index is 13.5. The summed E-state index contributed by atoms with van der Waals surface area (Å²) in [4.78, 5) is 0. The van der Waals surface area contributed by atoms with Crippen molar-refractivity contribution in [3.63, 3.8) is 0 Å².